The number of aliphatic carboxylic acids is 1. The highest BCUT2D eigenvalue weighted by Crippen LogP contribution is 2.29. The van der Waals surface area contributed by atoms with Crippen molar-refractivity contribution in [2.75, 3.05) is 11.9 Å². The summed E-state index contributed by atoms with van der Waals surface area (Å²) in [7, 11) is 0. The molecule has 0 saturated heterocycles. The van der Waals surface area contributed by atoms with Gasteiger partial charge < -0.3 is 10.4 Å². The lowest BCUT2D eigenvalue weighted by Gasteiger charge is -2.08. The molecule has 0 aliphatic rings. The first-order chi connectivity index (χ1) is 6.61. The van der Waals surface area contributed by atoms with Crippen LogP contribution in [-0.4, -0.2) is 17.6 Å². The number of hydrogen-bond acceptors (Lipinski definition) is 2. The number of anilines is 1. The molecule has 0 amide bonds. The van der Waals surface area contributed by atoms with Crippen molar-refractivity contribution in [3.05, 3.63) is 28.2 Å². The van der Waals surface area contributed by atoms with Crippen LogP contribution in [0.3, 0.4) is 0 Å². The number of hydrogen-bond donors (Lipinski definition) is 2. The van der Waals surface area contributed by atoms with Crippen molar-refractivity contribution in [2.45, 2.75) is 6.42 Å². The summed E-state index contributed by atoms with van der Waals surface area (Å²) in [5.41, 5.74) is 0.581. The highest BCUT2D eigenvalue weighted by atomic mass is 35.5. The maximum Gasteiger partial charge on any atom is 0.305 e. The van der Waals surface area contributed by atoms with Crippen molar-refractivity contribution >= 4 is 34.9 Å². The molecule has 0 saturated carbocycles. The number of nitrogens with one attached hydrogen (secondary N) is 1. The zero-order valence-corrected chi connectivity index (χ0v) is 8.77. The molecule has 0 aliphatic heterocycles. The fraction of sp³-hybridized carbons (Fsp3) is 0.222. The molecule has 0 aliphatic carbocycles. The lowest BCUT2D eigenvalue weighted by Crippen LogP contribution is -2.08. The monoisotopic (exact) mass is 233 g/mol. The van der Waals surface area contributed by atoms with Crippen LogP contribution in [0.4, 0.5) is 5.69 Å². The first kappa shape index (κ1) is 11.1. The standard InChI is InChI=1S/C9H9Cl2NO2/c10-6-2-1-3-7(11)9(6)12-5-4-8(13)14/h1-3,12H,4-5H2,(H,13,14). The van der Waals surface area contributed by atoms with E-state index in [9.17, 15) is 4.79 Å². The van der Waals surface area contributed by atoms with Gasteiger partial charge in [-0.25, -0.2) is 0 Å². The third-order valence-electron chi connectivity index (χ3n) is 1.60. The number of para-hydroxylation sites is 1. The van der Waals surface area contributed by atoms with Gasteiger partial charge in [0.1, 0.15) is 0 Å². The van der Waals surface area contributed by atoms with E-state index in [2.05, 4.69) is 5.32 Å². The summed E-state index contributed by atoms with van der Waals surface area (Å²) in [6.45, 7) is 0.304. The Morgan fingerprint density at radius 3 is 2.43 bits per heavy atom. The van der Waals surface area contributed by atoms with Crippen LogP contribution < -0.4 is 5.32 Å². The van der Waals surface area contributed by atoms with E-state index in [-0.39, 0.29) is 6.42 Å². The van der Waals surface area contributed by atoms with Gasteiger partial charge in [0.15, 0.2) is 0 Å². The predicted molar refractivity (Wildman–Crippen MR) is 57.2 cm³/mol. The fourth-order valence-corrected chi connectivity index (χ4v) is 1.49. The zero-order chi connectivity index (χ0) is 10.6. The molecule has 3 nitrogen and oxygen atoms in total. The SMILES string of the molecule is O=C(O)CCNc1c(Cl)cccc1Cl. The summed E-state index contributed by atoms with van der Waals surface area (Å²) in [5, 5.41) is 12.3. The van der Waals surface area contributed by atoms with Gasteiger partial charge in [0.25, 0.3) is 0 Å². The van der Waals surface area contributed by atoms with E-state index in [1.54, 1.807) is 18.2 Å². The number of carbonyl (C=O) groups is 1. The van der Waals surface area contributed by atoms with Crippen LogP contribution in [-0.2, 0) is 4.79 Å². The second-order valence-corrected chi connectivity index (χ2v) is 3.48. The van der Waals surface area contributed by atoms with E-state index in [1.165, 1.54) is 0 Å². The molecule has 14 heavy (non-hydrogen) atoms. The zero-order valence-electron chi connectivity index (χ0n) is 7.26. The molecule has 0 fully saturated rings. The number of halogens is 2. The Morgan fingerprint density at radius 1 is 1.36 bits per heavy atom. The average molecular weight is 234 g/mol. The second kappa shape index (κ2) is 5.08. The third-order valence-corrected chi connectivity index (χ3v) is 2.23. The molecule has 0 aromatic heterocycles. The van der Waals surface area contributed by atoms with Crippen molar-refractivity contribution in [3.8, 4) is 0 Å². The summed E-state index contributed by atoms with van der Waals surface area (Å²) in [5.74, 6) is -0.860. The van der Waals surface area contributed by atoms with Gasteiger partial charge in [-0.15, -0.1) is 0 Å². The van der Waals surface area contributed by atoms with Crippen molar-refractivity contribution in [3.63, 3.8) is 0 Å². The van der Waals surface area contributed by atoms with Gasteiger partial charge in [-0.3, -0.25) is 4.79 Å². The van der Waals surface area contributed by atoms with Crippen molar-refractivity contribution in [1.82, 2.24) is 0 Å². The Kier molecular flexibility index (Phi) is 4.04. The smallest absolute Gasteiger partial charge is 0.305 e. The summed E-state index contributed by atoms with van der Waals surface area (Å²) in [6.07, 6.45) is 0.0293. The first-order valence-electron chi connectivity index (χ1n) is 4.01. The number of rotatable bonds is 4. The van der Waals surface area contributed by atoms with Crippen molar-refractivity contribution in [2.24, 2.45) is 0 Å². The van der Waals surface area contributed by atoms with E-state index in [0.29, 0.717) is 22.3 Å². The minimum absolute atomic E-state index is 0.0293. The van der Waals surface area contributed by atoms with Gasteiger partial charge in [-0.05, 0) is 12.1 Å². The number of carboxylic acid groups (broad SMARTS) is 1. The lowest BCUT2D eigenvalue weighted by molar-refractivity contribution is -0.136. The molecule has 0 atom stereocenters. The molecule has 2 N–H and O–H groups in total. The molecule has 1 rings (SSSR count). The molecular formula is C9H9Cl2NO2. The van der Waals surface area contributed by atoms with Crippen LogP contribution in [0, 0.1) is 0 Å². The molecule has 1 aromatic carbocycles. The Hall–Kier alpha value is -0.930. The lowest BCUT2D eigenvalue weighted by atomic mass is 10.3. The highest BCUT2D eigenvalue weighted by Gasteiger charge is 2.04. The Bertz CT molecular complexity index is 321. The normalized spacial score (nSPS) is 9.86. The van der Waals surface area contributed by atoms with Gasteiger partial charge in [-0.2, -0.15) is 0 Å². The van der Waals surface area contributed by atoms with Crippen LogP contribution in [0.15, 0.2) is 18.2 Å². The molecule has 5 heteroatoms. The number of benzene rings is 1. The summed E-state index contributed by atoms with van der Waals surface area (Å²) >= 11 is 11.7. The number of carboxylic acids is 1. The van der Waals surface area contributed by atoms with Gasteiger partial charge in [0.2, 0.25) is 0 Å². The molecular weight excluding hydrogens is 225 g/mol. The van der Waals surface area contributed by atoms with E-state index in [0.717, 1.165) is 0 Å². The summed E-state index contributed by atoms with van der Waals surface area (Å²) < 4.78 is 0. The Labute approximate surface area is 91.6 Å². The molecule has 1 aromatic rings. The Morgan fingerprint density at radius 2 is 1.93 bits per heavy atom. The van der Waals surface area contributed by atoms with Crippen LogP contribution in [0.1, 0.15) is 6.42 Å². The van der Waals surface area contributed by atoms with Gasteiger partial charge >= 0.3 is 5.97 Å². The highest BCUT2D eigenvalue weighted by molar-refractivity contribution is 6.39. The largest absolute Gasteiger partial charge is 0.481 e. The van der Waals surface area contributed by atoms with Crippen LogP contribution >= 0.6 is 23.2 Å². The van der Waals surface area contributed by atoms with E-state index < -0.39 is 5.97 Å². The molecule has 0 unspecified atom stereocenters. The van der Waals surface area contributed by atoms with Gasteiger partial charge in [-0.1, -0.05) is 29.3 Å². The Balaban J connectivity index is 2.62. The molecule has 0 radical (unpaired) electrons. The van der Waals surface area contributed by atoms with E-state index in [1.807, 2.05) is 0 Å². The quantitative estimate of drug-likeness (QED) is 0.841. The predicted octanol–water partition coefficient (Wildman–Crippen LogP) is 2.88. The van der Waals surface area contributed by atoms with Crippen LogP contribution in [0.2, 0.25) is 10.0 Å². The van der Waals surface area contributed by atoms with Crippen LogP contribution in [0.25, 0.3) is 0 Å². The molecule has 76 valence electrons. The average Bonchev–Trinajstić information content (AvgIpc) is 2.09. The van der Waals surface area contributed by atoms with Crippen molar-refractivity contribution in [1.29, 1.82) is 0 Å². The first-order valence-corrected chi connectivity index (χ1v) is 4.76. The summed E-state index contributed by atoms with van der Waals surface area (Å²) in [6, 6.07) is 5.11. The summed E-state index contributed by atoms with van der Waals surface area (Å²) in [4.78, 5) is 10.3. The van der Waals surface area contributed by atoms with Gasteiger partial charge in [0, 0.05) is 6.54 Å². The minimum Gasteiger partial charge on any atom is -0.481 e. The maximum atomic E-state index is 10.3. The minimum atomic E-state index is -0.860. The second-order valence-electron chi connectivity index (χ2n) is 2.67. The molecule has 0 heterocycles. The van der Waals surface area contributed by atoms with E-state index in [4.69, 9.17) is 28.3 Å². The van der Waals surface area contributed by atoms with Gasteiger partial charge in [0.05, 0.1) is 22.2 Å². The van der Waals surface area contributed by atoms with Crippen LogP contribution in [0.5, 0.6) is 0 Å². The van der Waals surface area contributed by atoms with Crippen molar-refractivity contribution < 1.29 is 9.90 Å². The van der Waals surface area contributed by atoms with E-state index >= 15 is 0 Å². The fourth-order valence-electron chi connectivity index (χ4n) is 0.961. The molecule has 0 spiro atoms. The molecule has 0 bridgehead atoms. The third kappa shape index (κ3) is 3.09. The topological polar surface area (TPSA) is 49.3 Å². The maximum absolute atomic E-state index is 10.3.